The molecule has 10 aromatic rings. The van der Waals surface area contributed by atoms with Gasteiger partial charge < -0.3 is 0 Å². The van der Waals surface area contributed by atoms with Crippen LogP contribution >= 0.6 is 0 Å². The Morgan fingerprint density at radius 2 is 0.517 bits per heavy atom. The third-order valence-electron chi connectivity index (χ3n) is 10.6. The minimum atomic E-state index is 0.587. The predicted molar refractivity (Wildman–Crippen MR) is 244 cm³/mol. The van der Waals surface area contributed by atoms with Crippen molar-refractivity contribution in [2.75, 3.05) is 0 Å². The van der Waals surface area contributed by atoms with E-state index in [0.717, 1.165) is 72.6 Å². The number of aromatic nitrogens is 5. The van der Waals surface area contributed by atoms with E-state index in [-0.39, 0.29) is 0 Å². The van der Waals surface area contributed by atoms with Crippen molar-refractivity contribution in [1.82, 2.24) is 24.9 Å². The van der Waals surface area contributed by atoms with Gasteiger partial charge in [0.15, 0.2) is 17.5 Å². The SMILES string of the molecule is c1ccc(-c2ccc(-c3ccc(-c4nc(-c5ccccc5)nc(-c5cc(-c6cccc(-c7ccccn7)c6)cc(-c6cccc(-c7ccccn7)c6)c5)n4)cc3)cc2)cc1. The van der Waals surface area contributed by atoms with Crippen LogP contribution in [-0.2, 0) is 0 Å². The van der Waals surface area contributed by atoms with Gasteiger partial charge in [-0.2, -0.15) is 0 Å². The molecule has 5 heteroatoms. The van der Waals surface area contributed by atoms with Crippen LogP contribution in [-0.4, -0.2) is 24.9 Å². The summed E-state index contributed by atoms with van der Waals surface area (Å²) in [5.41, 5.74) is 15.5. The third-order valence-corrected chi connectivity index (χ3v) is 10.6. The molecule has 60 heavy (non-hydrogen) atoms. The molecule has 0 radical (unpaired) electrons. The largest absolute Gasteiger partial charge is 0.256 e. The highest BCUT2D eigenvalue weighted by molar-refractivity contribution is 5.83. The van der Waals surface area contributed by atoms with E-state index in [4.69, 9.17) is 15.0 Å². The van der Waals surface area contributed by atoms with E-state index < -0.39 is 0 Å². The number of benzene rings is 7. The second-order valence-corrected chi connectivity index (χ2v) is 14.6. The van der Waals surface area contributed by atoms with Crippen LogP contribution in [0, 0.1) is 0 Å². The van der Waals surface area contributed by atoms with Crippen molar-refractivity contribution in [3.63, 3.8) is 0 Å². The first-order chi connectivity index (χ1) is 29.7. The first kappa shape index (κ1) is 36.2. The topological polar surface area (TPSA) is 64.5 Å². The molecule has 0 spiro atoms. The monoisotopic (exact) mass is 767 g/mol. The zero-order valence-corrected chi connectivity index (χ0v) is 32.6. The Bertz CT molecular complexity index is 2940. The average molecular weight is 768 g/mol. The van der Waals surface area contributed by atoms with Gasteiger partial charge >= 0.3 is 0 Å². The molecule has 3 aromatic heterocycles. The average Bonchev–Trinajstić information content (AvgIpc) is 3.35. The smallest absolute Gasteiger partial charge is 0.164 e. The van der Waals surface area contributed by atoms with Crippen LogP contribution in [0.3, 0.4) is 0 Å². The van der Waals surface area contributed by atoms with E-state index in [2.05, 4.69) is 149 Å². The van der Waals surface area contributed by atoms with Gasteiger partial charge in [0.2, 0.25) is 0 Å². The summed E-state index contributed by atoms with van der Waals surface area (Å²) in [6.45, 7) is 0. The highest BCUT2D eigenvalue weighted by Crippen LogP contribution is 2.36. The van der Waals surface area contributed by atoms with E-state index >= 15 is 0 Å². The normalized spacial score (nSPS) is 11.0. The van der Waals surface area contributed by atoms with Crippen LogP contribution in [0.4, 0.5) is 0 Å². The van der Waals surface area contributed by atoms with E-state index in [1.807, 2.05) is 85.2 Å². The van der Waals surface area contributed by atoms with Crippen LogP contribution in [0.5, 0.6) is 0 Å². The summed E-state index contributed by atoms with van der Waals surface area (Å²) in [5.74, 6) is 1.80. The molecule has 0 saturated carbocycles. The Morgan fingerprint density at radius 1 is 0.200 bits per heavy atom. The van der Waals surface area contributed by atoms with Gasteiger partial charge in [-0.25, -0.2) is 15.0 Å². The lowest BCUT2D eigenvalue weighted by Crippen LogP contribution is -2.00. The maximum absolute atomic E-state index is 5.20. The lowest BCUT2D eigenvalue weighted by atomic mass is 9.93. The molecule has 282 valence electrons. The lowest BCUT2D eigenvalue weighted by molar-refractivity contribution is 1.07. The zero-order chi connectivity index (χ0) is 40.1. The van der Waals surface area contributed by atoms with Crippen LogP contribution in [0.25, 0.3) is 101 Å². The number of rotatable bonds is 9. The number of hydrogen-bond acceptors (Lipinski definition) is 5. The Balaban J connectivity index is 1.09. The summed E-state index contributed by atoms with van der Waals surface area (Å²) in [4.78, 5) is 24.7. The first-order valence-corrected chi connectivity index (χ1v) is 20.0. The number of pyridine rings is 2. The Labute approximate surface area is 349 Å². The van der Waals surface area contributed by atoms with Gasteiger partial charge in [-0.3, -0.25) is 9.97 Å². The first-order valence-electron chi connectivity index (χ1n) is 20.0. The maximum atomic E-state index is 5.20. The lowest BCUT2D eigenvalue weighted by Gasteiger charge is -2.14. The molecule has 0 aliphatic rings. The summed E-state index contributed by atoms with van der Waals surface area (Å²) < 4.78 is 0. The van der Waals surface area contributed by atoms with Crippen molar-refractivity contribution in [3.8, 4) is 101 Å². The fourth-order valence-corrected chi connectivity index (χ4v) is 7.52. The molecule has 0 aliphatic heterocycles. The molecule has 10 rings (SSSR count). The molecule has 0 unspecified atom stereocenters. The summed E-state index contributed by atoms with van der Waals surface area (Å²) in [6.07, 6.45) is 3.66. The van der Waals surface area contributed by atoms with Crippen molar-refractivity contribution < 1.29 is 0 Å². The van der Waals surface area contributed by atoms with E-state index in [0.29, 0.717) is 17.5 Å². The molecule has 0 bridgehead atoms. The van der Waals surface area contributed by atoms with E-state index in [9.17, 15) is 0 Å². The summed E-state index contributed by atoms with van der Waals surface area (Å²) in [7, 11) is 0. The molecule has 0 amide bonds. The predicted octanol–water partition coefficient (Wildman–Crippen LogP) is 13.7. The minimum absolute atomic E-state index is 0.587. The summed E-state index contributed by atoms with van der Waals surface area (Å²) in [6, 6.07) is 73.4. The molecule has 0 saturated heterocycles. The van der Waals surface area contributed by atoms with Gasteiger partial charge in [0.25, 0.3) is 0 Å². The molecule has 0 N–H and O–H groups in total. The fourth-order valence-electron chi connectivity index (χ4n) is 7.52. The minimum Gasteiger partial charge on any atom is -0.256 e. The Hall–Kier alpha value is -8.15. The molecule has 0 atom stereocenters. The van der Waals surface area contributed by atoms with Gasteiger partial charge in [-0.15, -0.1) is 0 Å². The van der Waals surface area contributed by atoms with Crippen molar-refractivity contribution in [2.45, 2.75) is 0 Å². The van der Waals surface area contributed by atoms with Gasteiger partial charge in [0.1, 0.15) is 0 Å². The molecule has 5 nitrogen and oxygen atoms in total. The summed E-state index contributed by atoms with van der Waals surface area (Å²) in [5, 5.41) is 0. The van der Waals surface area contributed by atoms with Crippen LogP contribution < -0.4 is 0 Å². The number of nitrogens with zero attached hydrogens (tertiary/aromatic N) is 5. The molecular weight excluding hydrogens is 731 g/mol. The van der Waals surface area contributed by atoms with Crippen LogP contribution in [0.1, 0.15) is 0 Å². The Kier molecular flexibility index (Phi) is 9.88. The van der Waals surface area contributed by atoms with Crippen molar-refractivity contribution in [1.29, 1.82) is 0 Å². The van der Waals surface area contributed by atoms with Gasteiger partial charge in [0, 0.05) is 40.2 Å². The van der Waals surface area contributed by atoms with Gasteiger partial charge in [-0.05, 0) is 99.1 Å². The maximum Gasteiger partial charge on any atom is 0.164 e. The number of hydrogen-bond donors (Lipinski definition) is 0. The van der Waals surface area contributed by atoms with Crippen LogP contribution in [0.15, 0.2) is 225 Å². The molecule has 3 heterocycles. The summed E-state index contributed by atoms with van der Waals surface area (Å²) >= 11 is 0. The second kappa shape index (κ2) is 16.4. The fraction of sp³-hybridized carbons (Fsp3) is 0. The quantitative estimate of drug-likeness (QED) is 0.146. The molecule has 0 fully saturated rings. The standard InChI is InChI=1S/C55H37N5/c1-3-13-38(14-4-1)39-23-25-40(26-24-39)41-27-29-43(30-28-41)54-58-53(42-15-5-2-6-16-42)59-55(60-54)50-36-48(44-17-11-19-46(33-44)51-21-7-9-31-56-51)35-49(37-50)45-18-12-20-47(34-45)52-22-8-10-32-57-52/h1-37H. The highest BCUT2D eigenvalue weighted by atomic mass is 15.0. The Morgan fingerprint density at radius 3 is 0.967 bits per heavy atom. The van der Waals surface area contributed by atoms with E-state index in [1.165, 1.54) is 11.1 Å². The van der Waals surface area contributed by atoms with Crippen molar-refractivity contribution in [2.24, 2.45) is 0 Å². The van der Waals surface area contributed by atoms with Crippen LogP contribution in [0.2, 0.25) is 0 Å². The molecule has 0 aliphatic carbocycles. The van der Waals surface area contributed by atoms with E-state index in [1.54, 1.807) is 0 Å². The third kappa shape index (κ3) is 7.76. The molecular formula is C55H37N5. The van der Waals surface area contributed by atoms with Gasteiger partial charge in [-0.1, -0.05) is 158 Å². The zero-order valence-electron chi connectivity index (χ0n) is 32.6. The van der Waals surface area contributed by atoms with Crippen molar-refractivity contribution in [3.05, 3.63) is 225 Å². The van der Waals surface area contributed by atoms with Crippen molar-refractivity contribution >= 4 is 0 Å². The second-order valence-electron chi connectivity index (χ2n) is 14.6. The van der Waals surface area contributed by atoms with Gasteiger partial charge in [0.05, 0.1) is 11.4 Å². The molecule has 7 aromatic carbocycles. The highest BCUT2D eigenvalue weighted by Gasteiger charge is 2.16.